The number of pyridine rings is 1. The zero-order valence-corrected chi connectivity index (χ0v) is 13.3. The second-order valence-electron chi connectivity index (χ2n) is 4.75. The first-order chi connectivity index (χ1) is 11.0. The largest absolute Gasteiger partial charge is 0.508 e. The van der Waals surface area contributed by atoms with Crippen LogP contribution in [0.5, 0.6) is 5.75 Å². The van der Waals surface area contributed by atoms with E-state index in [4.69, 9.17) is 5.73 Å². The minimum absolute atomic E-state index is 0.0822. The number of nitriles is 2. The molecule has 0 aliphatic rings. The maximum absolute atomic E-state index is 9.69. The zero-order chi connectivity index (χ0) is 17.0. The van der Waals surface area contributed by atoms with Crippen molar-refractivity contribution in [2.45, 2.75) is 11.9 Å². The van der Waals surface area contributed by atoms with Gasteiger partial charge in [0.25, 0.3) is 0 Å². The van der Waals surface area contributed by atoms with E-state index < -0.39 is 0 Å². The van der Waals surface area contributed by atoms with Gasteiger partial charge in [0, 0.05) is 11.3 Å². The molecule has 0 saturated heterocycles. The molecule has 0 aliphatic heterocycles. The monoisotopic (exact) mass is 322 g/mol. The van der Waals surface area contributed by atoms with Crippen molar-refractivity contribution in [2.24, 2.45) is 0 Å². The van der Waals surface area contributed by atoms with E-state index >= 15 is 0 Å². The fraction of sp³-hybridized carbons (Fsp3) is 0.118. The van der Waals surface area contributed by atoms with Crippen LogP contribution in [-0.2, 0) is 0 Å². The summed E-state index contributed by atoms with van der Waals surface area (Å²) in [5, 5.41) is 29.1. The molecule has 1 aromatic heterocycles. The van der Waals surface area contributed by atoms with Crippen LogP contribution in [0, 0.1) is 29.6 Å². The average Bonchev–Trinajstić information content (AvgIpc) is 2.54. The summed E-state index contributed by atoms with van der Waals surface area (Å²) in [6.07, 6.45) is 1.70. The number of aromatic nitrogens is 1. The van der Waals surface area contributed by atoms with Crippen molar-refractivity contribution < 1.29 is 5.11 Å². The Morgan fingerprint density at radius 2 is 2.04 bits per heavy atom. The van der Waals surface area contributed by atoms with Gasteiger partial charge in [-0.1, -0.05) is 12.1 Å². The summed E-state index contributed by atoms with van der Waals surface area (Å²) in [5.41, 5.74) is 8.09. The van der Waals surface area contributed by atoms with Crippen molar-refractivity contribution in [2.75, 3.05) is 11.5 Å². The standard InChI is InChI=1S/C17H14N4OS/c1-3-6-23-17-13(9-19)15(12(8-18)16(20)21-17)11-4-5-14(22)10(2)7-11/h3-5,7,22H,1,6H2,2H3,(H2,20,21). The van der Waals surface area contributed by atoms with Crippen molar-refractivity contribution in [3.8, 4) is 29.0 Å². The molecule has 0 atom stereocenters. The first kappa shape index (κ1) is 16.4. The quantitative estimate of drug-likeness (QED) is 0.660. The Kier molecular flexibility index (Phi) is 4.90. The third kappa shape index (κ3) is 3.13. The van der Waals surface area contributed by atoms with Crippen LogP contribution in [-0.4, -0.2) is 15.8 Å². The normalized spacial score (nSPS) is 9.87. The fourth-order valence-electron chi connectivity index (χ4n) is 2.14. The summed E-state index contributed by atoms with van der Waals surface area (Å²) < 4.78 is 0. The van der Waals surface area contributed by atoms with Crippen molar-refractivity contribution in [1.29, 1.82) is 10.5 Å². The number of nitrogen functional groups attached to an aromatic ring is 1. The maximum atomic E-state index is 9.69. The Bertz CT molecular complexity index is 862. The summed E-state index contributed by atoms with van der Waals surface area (Å²) >= 11 is 1.33. The van der Waals surface area contributed by atoms with Gasteiger partial charge in [0.05, 0.1) is 5.56 Å². The molecular formula is C17H14N4OS. The summed E-state index contributed by atoms with van der Waals surface area (Å²) in [6, 6.07) is 9.04. The molecule has 6 heteroatoms. The van der Waals surface area contributed by atoms with Crippen LogP contribution >= 0.6 is 11.8 Å². The summed E-state index contributed by atoms with van der Waals surface area (Å²) in [7, 11) is 0. The molecule has 0 fully saturated rings. The third-order valence-corrected chi connectivity index (χ3v) is 4.21. The molecule has 0 unspecified atom stereocenters. The molecule has 5 nitrogen and oxygen atoms in total. The van der Waals surface area contributed by atoms with E-state index in [1.165, 1.54) is 17.8 Å². The molecule has 0 aliphatic carbocycles. The lowest BCUT2D eigenvalue weighted by Crippen LogP contribution is -2.03. The highest BCUT2D eigenvalue weighted by atomic mass is 32.2. The minimum Gasteiger partial charge on any atom is -0.508 e. The van der Waals surface area contributed by atoms with Gasteiger partial charge in [-0.05, 0) is 30.2 Å². The van der Waals surface area contributed by atoms with Gasteiger partial charge >= 0.3 is 0 Å². The van der Waals surface area contributed by atoms with Crippen molar-refractivity contribution in [3.63, 3.8) is 0 Å². The SMILES string of the molecule is C=CCSc1nc(N)c(C#N)c(-c2ccc(O)c(C)c2)c1C#N. The molecule has 0 saturated carbocycles. The number of aromatic hydroxyl groups is 1. The first-order valence-electron chi connectivity index (χ1n) is 6.70. The summed E-state index contributed by atoms with van der Waals surface area (Å²) in [6.45, 7) is 5.39. The third-order valence-electron chi connectivity index (χ3n) is 3.24. The van der Waals surface area contributed by atoms with Crippen molar-refractivity contribution >= 4 is 17.6 Å². The molecule has 114 valence electrons. The molecule has 0 radical (unpaired) electrons. The van der Waals surface area contributed by atoms with Gasteiger partial charge in [-0.3, -0.25) is 0 Å². The van der Waals surface area contributed by atoms with E-state index in [0.29, 0.717) is 33.0 Å². The van der Waals surface area contributed by atoms with Gasteiger partial charge in [0.2, 0.25) is 0 Å². The van der Waals surface area contributed by atoms with Crippen molar-refractivity contribution in [3.05, 3.63) is 47.5 Å². The maximum Gasteiger partial charge on any atom is 0.143 e. The number of nitrogens with zero attached hydrogens (tertiary/aromatic N) is 3. The number of benzene rings is 1. The molecule has 2 rings (SSSR count). The number of thioether (sulfide) groups is 1. The van der Waals surface area contributed by atoms with Crippen LogP contribution in [0.4, 0.5) is 5.82 Å². The Balaban J connectivity index is 2.80. The average molecular weight is 322 g/mol. The number of rotatable bonds is 4. The predicted octanol–water partition coefficient (Wildman–Crippen LogP) is 3.37. The Morgan fingerprint density at radius 1 is 1.35 bits per heavy atom. The van der Waals surface area contributed by atoms with Gasteiger partial charge < -0.3 is 10.8 Å². The lowest BCUT2D eigenvalue weighted by molar-refractivity contribution is 0.471. The molecule has 2 aromatic rings. The topological polar surface area (TPSA) is 107 Å². The van der Waals surface area contributed by atoms with Crippen LogP contribution in [0.2, 0.25) is 0 Å². The van der Waals surface area contributed by atoms with Crippen LogP contribution < -0.4 is 5.73 Å². The van der Waals surface area contributed by atoms with Crippen LogP contribution in [0.15, 0.2) is 35.9 Å². The highest BCUT2D eigenvalue weighted by Crippen LogP contribution is 2.36. The number of phenolic OH excluding ortho intramolecular Hbond substituents is 1. The van der Waals surface area contributed by atoms with Crippen LogP contribution in [0.25, 0.3) is 11.1 Å². The van der Waals surface area contributed by atoms with E-state index in [1.54, 1.807) is 25.1 Å². The number of aryl methyl sites for hydroxylation is 1. The Labute approximate surface area is 138 Å². The fourth-order valence-corrected chi connectivity index (χ4v) is 2.87. The summed E-state index contributed by atoms with van der Waals surface area (Å²) in [5.74, 6) is 0.800. The minimum atomic E-state index is 0.0822. The second-order valence-corrected chi connectivity index (χ2v) is 5.76. The van der Waals surface area contributed by atoms with Crippen LogP contribution in [0.1, 0.15) is 16.7 Å². The smallest absolute Gasteiger partial charge is 0.143 e. The molecule has 23 heavy (non-hydrogen) atoms. The Morgan fingerprint density at radius 3 is 2.61 bits per heavy atom. The van der Waals surface area contributed by atoms with Gasteiger partial charge in [-0.2, -0.15) is 10.5 Å². The first-order valence-corrected chi connectivity index (χ1v) is 7.69. The van der Waals surface area contributed by atoms with E-state index in [-0.39, 0.29) is 17.1 Å². The summed E-state index contributed by atoms with van der Waals surface area (Å²) in [4.78, 5) is 4.18. The second kappa shape index (κ2) is 6.87. The number of phenols is 1. The van der Waals surface area contributed by atoms with E-state index in [2.05, 4.69) is 17.6 Å². The van der Waals surface area contributed by atoms with Gasteiger partial charge in [-0.15, -0.1) is 18.3 Å². The lowest BCUT2D eigenvalue weighted by atomic mass is 9.95. The van der Waals surface area contributed by atoms with Crippen molar-refractivity contribution in [1.82, 2.24) is 4.98 Å². The van der Waals surface area contributed by atoms with Crippen LogP contribution in [0.3, 0.4) is 0 Å². The van der Waals surface area contributed by atoms with Gasteiger partial charge in [-0.25, -0.2) is 4.98 Å². The molecule has 0 bridgehead atoms. The molecular weight excluding hydrogens is 308 g/mol. The van der Waals surface area contributed by atoms with Gasteiger partial charge in [0.1, 0.15) is 34.3 Å². The molecule has 0 spiro atoms. The zero-order valence-electron chi connectivity index (χ0n) is 12.5. The molecule has 1 aromatic carbocycles. The predicted molar refractivity (Wildman–Crippen MR) is 90.8 cm³/mol. The highest BCUT2D eigenvalue weighted by molar-refractivity contribution is 7.99. The Hall–Kier alpha value is -2.96. The van der Waals surface area contributed by atoms with Gasteiger partial charge in [0.15, 0.2) is 0 Å². The lowest BCUT2D eigenvalue weighted by Gasteiger charge is -2.13. The molecule has 0 amide bonds. The van der Waals surface area contributed by atoms with E-state index in [9.17, 15) is 15.6 Å². The highest BCUT2D eigenvalue weighted by Gasteiger charge is 2.20. The van der Waals surface area contributed by atoms with E-state index in [0.717, 1.165) is 0 Å². The molecule has 3 N–H and O–H groups in total. The molecule has 1 heterocycles. The number of anilines is 1. The number of nitrogens with two attached hydrogens (primary N) is 1. The van der Waals surface area contributed by atoms with E-state index in [1.807, 2.05) is 6.07 Å². The number of hydrogen-bond donors (Lipinski definition) is 2. The number of hydrogen-bond acceptors (Lipinski definition) is 6.